The lowest BCUT2D eigenvalue weighted by Gasteiger charge is -2.24. The first kappa shape index (κ1) is 11.1. The Bertz CT molecular complexity index is 399. The van der Waals surface area contributed by atoms with Gasteiger partial charge >= 0.3 is 0 Å². The second kappa shape index (κ2) is 4.02. The van der Waals surface area contributed by atoms with Crippen molar-refractivity contribution in [1.29, 1.82) is 0 Å². The van der Waals surface area contributed by atoms with E-state index in [9.17, 15) is 0 Å². The Kier molecular flexibility index (Phi) is 2.62. The van der Waals surface area contributed by atoms with E-state index in [4.69, 9.17) is 0 Å². The third-order valence-electron chi connectivity index (χ3n) is 4.34. The van der Waals surface area contributed by atoms with E-state index in [1.165, 1.54) is 55.8 Å². The lowest BCUT2D eigenvalue weighted by molar-refractivity contribution is 0.369. The molecule has 1 spiro atoms. The van der Waals surface area contributed by atoms with Gasteiger partial charge in [-0.05, 0) is 56.5 Å². The topological polar surface area (TPSA) is 15.3 Å². The van der Waals surface area contributed by atoms with Crippen LogP contribution in [-0.2, 0) is 0 Å². The molecule has 92 valence electrons. The molecule has 0 saturated carbocycles. The Morgan fingerprint density at radius 1 is 1.12 bits per heavy atom. The molecule has 2 aliphatic heterocycles. The summed E-state index contributed by atoms with van der Waals surface area (Å²) < 4.78 is 0. The fourth-order valence-electron chi connectivity index (χ4n) is 3.43. The first-order valence-electron chi connectivity index (χ1n) is 6.71. The fourth-order valence-corrected chi connectivity index (χ4v) is 3.43. The van der Waals surface area contributed by atoms with Crippen LogP contribution in [0.3, 0.4) is 0 Å². The van der Waals surface area contributed by atoms with E-state index in [-0.39, 0.29) is 0 Å². The summed E-state index contributed by atoms with van der Waals surface area (Å²) in [5.41, 5.74) is 4.75. The van der Waals surface area contributed by atoms with Crippen molar-refractivity contribution in [2.24, 2.45) is 5.41 Å². The van der Waals surface area contributed by atoms with Gasteiger partial charge in [-0.25, -0.2) is 0 Å². The zero-order valence-corrected chi connectivity index (χ0v) is 10.9. The molecule has 1 unspecified atom stereocenters. The van der Waals surface area contributed by atoms with Crippen molar-refractivity contribution in [1.82, 2.24) is 5.32 Å². The fraction of sp³-hybridized carbons (Fsp3) is 0.600. The van der Waals surface area contributed by atoms with Gasteiger partial charge < -0.3 is 10.2 Å². The van der Waals surface area contributed by atoms with Gasteiger partial charge in [-0.2, -0.15) is 0 Å². The number of nitrogens with one attached hydrogen (secondary N) is 1. The summed E-state index contributed by atoms with van der Waals surface area (Å²) >= 11 is 0. The van der Waals surface area contributed by atoms with Crippen molar-refractivity contribution >= 4 is 5.69 Å². The van der Waals surface area contributed by atoms with Gasteiger partial charge in [-0.3, -0.25) is 0 Å². The van der Waals surface area contributed by atoms with E-state index in [0.717, 1.165) is 0 Å². The first-order valence-corrected chi connectivity index (χ1v) is 6.71. The molecule has 2 aliphatic rings. The highest BCUT2D eigenvalue weighted by atomic mass is 15.2. The first-order chi connectivity index (χ1) is 8.17. The maximum atomic E-state index is 3.52. The smallest absolute Gasteiger partial charge is 0.0371 e. The molecule has 2 heterocycles. The van der Waals surface area contributed by atoms with Crippen LogP contribution < -0.4 is 10.2 Å². The average Bonchev–Trinajstić information content (AvgIpc) is 2.88. The highest BCUT2D eigenvalue weighted by Gasteiger charge is 2.40. The summed E-state index contributed by atoms with van der Waals surface area (Å²) in [5.74, 6) is 0. The van der Waals surface area contributed by atoms with Gasteiger partial charge in [0.1, 0.15) is 0 Å². The predicted molar refractivity (Wildman–Crippen MR) is 72.7 cm³/mol. The third kappa shape index (κ3) is 2.06. The second-order valence-electron chi connectivity index (χ2n) is 5.94. The number of anilines is 1. The molecule has 2 saturated heterocycles. The predicted octanol–water partition coefficient (Wildman–Crippen LogP) is 2.49. The summed E-state index contributed by atoms with van der Waals surface area (Å²) in [6.45, 7) is 9.28. The molecule has 2 nitrogen and oxygen atoms in total. The van der Waals surface area contributed by atoms with Crippen LogP contribution in [0.5, 0.6) is 0 Å². The van der Waals surface area contributed by atoms with Crippen molar-refractivity contribution in [3.63, 3.8) is 0 Å². The van der Waals surface area contributed by atoms with Crippen LogP contribution in [0.25, 0.3) is 0 Å². The quantitative estimate of drug-likeness (QED) is 0.797. The lowest BCUT2D eigenvalue weighted by Crippen LogP contribution is -2.29. The van der Waals surface area contributed by atoms with Crippen LogP contribution in [-0.4, -0.2) is 26.2 Å². The van der Waals surface area contributed by atoms with Gasteiger partial charge in [0.2, 0.25) is 0 Å². The molecule has 1 N–H and O–H groups in total. The Morgan fingerprint density at radius 2 is 1.88 bits per heavy atom. The van der Waals surface area contributed by atoms with Crippen LogP contribution >= 0.6 is 0 Å². The van der Waals surface area contributed by atoms with E-state index in [1.807, 2.05) is 0 Å². The van der Waals surface area contributed by atoms with Crippen LogP contribution in [0.15, 0.2) is 18.2 Å². The van der Waals surface area contributed by atoms with Gasteiger partial charge in [0.15, 0.2) is 0 Å². The molecule has 1 atom stereocenters. The maximum absolute atomic E-state index is 3.52. The Morgan fingerprint density at radius 3 is 2.53 bits per heavy atom. The molecule has 2 fully saturated rings. The minimum absolute atomic E-state index is 0.567. The SMILES string of the molecule is Cc1cc(C)cc(N2CCC3(CCNC3)C2)c1. The number of rotatable bonds is 1. The number of aryl methyl sites for hydroxylation is 2. The normalized spacial score (nSPS) is 28.2. The van der Waals surface area contributed by atoms with Crippen LogP contribution in [0, 0.1) is 19.3 Å². The second-order valence-corrected chi connectivity index (χ2v) is 5.94. The monoisotopic (exact) mass is 230 g/mol. The summed E-state index contributed by atoms with van der Waals surface area (Å²) in [6.07, 6.45) is 2.71. The minimum Gasteiger partial charge on any atom is -0.371 e. The Hall–Kier alpha value is -1.02. The molecule has 0 aliphatic carbocycles. The molecule has 0 amide bonds. The van der Waals surface area contributed by atoms with Crippen LogP contribution in [0.1, 0.15) is 24.0 Å². The number of nitrogens with zero attached hydrogens (tertiary/aromatic N) is 1. The molecular formula is C15H22N2. The van der Waals surface area contributed by atoms with Gasteiger partial charge in [0.05, 0.1) is 0 Å². The Labute approximate surface area is 104 Å². The van der Waals surface area contributed by atoms with Gasteiger partial charge in [0, 0.05) is 30.7 Å². The largest absolute Gasteiger partial charge is 0.371 e. The minimum atomic E-state index is 0.567. The van der Waals surface area contributed by atoms with Crippen LogP contribution in [0.2, 0.25) is 0 Å². The molecule has 0 bridgehead atoms. The molecule has 0 radical (unpaired) electrons. The average molecular weight is 230 g/mol. The highest BCUT2D eigenvalue weighted by molar-refractivity contribution is 5.52. The molecular weight excluding hydrogens is 208 g/mol. The highest BCUT2D eigenvalue weighted by Crippen LogP contribution is 2.38. The summed E-state index contributed by atoms with van der Waals surface area (Å²) in [5, 5.41) is 3.52. The number of hydrogen-bond donors (Lipinski definition) is 1. The zero-order chi connectivity index (χ0) is 11.9. The third-order valence-corrected chi connectivity index (χ3v) is 4.34. The maximum Gasteiger partial charge on any atom is 0.0371 e. The van der Waals surface area contributed by atoms with E-state index in [1.54, 1.807) is 0 Å². The van der Waals surface area contributed by atoms with Crippen molar-refractivity contribution in [3.8, 4) is 0 Å². The molecule has 3 rings (SSSR count). The molecule has 2 heteroatoms. The Balaban J connectivity index is 1.81. The molecule has 1 aromatic carbocycles. The number of hydrogen-bond acceptors (Lipinski definition) is 2. The summed E-state index contributed by atoms with van der Waals surface area (Å²) in [4.78, 5) is 2.58. The van der Waals surface area contributed by atoms with Crippen molar-refractivity contribution in [3.05, 3.63) is 29.3 Å². The number of benzene rings is 1. The molecule has 0 aromatic heterocycles. The van der Waals surface area contributed by atoms with Gasteiger partial charge in [-0.15, -0.1) is 0 Å². The summed E-state index contributed by atoms with van der Waals surface area (Å²) in [7, 11) is 0. The van der Waals surface area contributed by atoms with Crippen LogP contribution in [0.4, 0.5) is 5.69 Å². The van der Waals surface area contributed by atoms with E-state index in [2.05, 4.69) is 42.3 Å². The lowest BCUT2D eigenvalue weighted by atomic mass is 9.86. The van der Waals surface area contributed by atoms with E-state index in [0.29, 0.717) is 5.41 Å². The van der Waals surface area contributed by atoms with Crippen molar-refractivity contribution in [2.45, 2.75) is 26.7 Å². The zero-order valence-electron chi connectivity index (χ0n) is 10.9. The van der Waals surface area contributed by atoms with E-state index >= 15 is 0 Å². The van der Waals surface area contributed by atoms with Gasteiger partial charge in [-0.1, -0.05) is 6.07 Å². The summed E-state index contributed by atoms with van der Waals surface area (Å²) in [6, 6.07) is 6.91. The van der Waals surface area contributed by atoms with Crippen molar-refractivity contribution < 1.29 is 0 Å². The molecule has 1 aromatic rings. The molecule has 17 heavy (non-hydrogen) atoms. The van der Waals surface area contributed by atoms with Gasteiger partial charge in [0.25, 0.3) is 0 Å². The van der Waals surface area contributed by atoms with Crippen molar-refractivity contribution in [2.75, 3.05) is 31.1 Å². The van der Waals surface area contributed by atoms with E-state index < -0.39 is 0 Å². The standard InChI is InChI=1S/C15H22N2/c1-12-7-13(2)9-14(8-12)17-6-4-15(11-17)3-5-16-10-15/h7-9,16H,3-6,10-11H2,1-2H3.